The maximum atomic E-state index is 11.1. The lowest BCUT2D eigenvalue weighted by molar-refractivity contribution is 0.967. The van der Waals surface area contributed by atoms with Crippen molar-refractivity contribution in [1.29, 1.82) is 0 Å². The Labute approximate surface area is 93.6 Å². The Bertz CT molecular complexity index is 515. The van der Waals surface area contributed by atoms with Crippen LogP contribution in [0.3, 0.4) is 0 Å². The molecule has 78 valence electrons. The number of hydrogen-bond acceptors (Lipinski definition) is 5. The first-order chi connectivity index (χ1) is 7.24. The standard InChI is InChI=1S/C7H7N5OS2/c13-5-1-4(10-6(14)11-5)2-15-7-8-3-9-12-7/h1,3H,2H2,(H,8,9,12)(H2,10,11,13,14). The second-order valence-corrected chi connectivity index (χ2v) is 4.06. The third-order valence-electron chi connectivity index (χ3n) is 1.57. The van der Waals surface area contributed by atoms with Gasteiger partial charge in [-0.3, -0.25) is 14.9 Å². The van der Waals surface area contributed by atoms with Gasteiger partial charge in [-0.25, -0.2) is 4.98 Å². The van der Waals surface area contributed by atoms with Crippen LogP contribution in [0.15, 0.2) is 22.3 Å². The molecule has 6 nitrogen and oxygen atoms in total. The van der Waals surface area contributed by atoms with Crippen LogP contribution in [-0.4, -0.2) is 25.1 Å². The van der Waals surface area contributed by atoms with Crippen molar-refractivity contribution in [2.24, 2.45) is 0 Å². The van der Waals surface area contributed by atoms with E-state index in [-0.39, 0.29) is 5.56 Å². The molecule has 15 heavy (non-hydrogen) atoms. The average molecular weight is 241 g/mol. The third-order valence-corrected chi connectivity index (χ3v) is 2.70. The van der Waals surface area contributed by atoms with Gasteiger partial charge in [-0.1, -0.05) is 11.8 Å². The fourth-order valence-corrected chi connectivity index (χ4v) is 1.93. The summed E-state index contributed by atoms with van der Waals surface area (Å²) in [6, 6.07) is 1.47. The summed E-state index contributed by atoms with van der Waals surface area (Å²) in [6.45, 7) is 0. The van der Waals surface area contributed by atoms with Gasteiger partial charge < -0.3 is 4.98 Å². The number of aromatic amines is 3. The maximum Gasteiger partial charge on any atom is 0.251 e. The molecule has 2 heterocycles. The second kappa shape index (κ2) is 4.41. The smallest absolute Gasteiger partial charge is 0.251 e. The van der Waals surface area contributed by atoms with Crippen LogP contribution < -0.4 is 5.56 Å². The molecular formula is C7H7N5OS2. The summed E-state index contributed by atoms with van der Waals surface area (Å²) < 4.78 is 0.329. The van der Waals surface area contributed by atoms with Gasteiger partial charge in [0.15, 0.2) is 9.93 Å². The zero-order valence-electron chi connectivity index (χ0n) is 7.48. The van der Waals surface area contributed by atoms with Crippen LogP contribution in [0, 0.1) is 4.77 Å². The summed E-state index contributed by atoms with van der Waals surface area (Å²) in [5.74, 6) is 0.586. The normalized spacial score (nSPS) is 10.4. The van der Waals surface area contributed by atoms with Gasteiger partial charge in [0, 0.05) is 17.5 Å². The van der Waals surface area contributed by atoms with Crippen molar-refractivity contribution in [3.63, 3.8) is 0 Å². The molecule has 2 rings (SSSR count). The Morgan fingerprint density at radius 3 is 3.00 bits per heavy atom. The number of nitrogens with one attached hydrogen (secondary N) is 3. The molecule has 2 aromatic rings. The predicted octanol–water partition coefficient (Wildman–Crippen LogP) is 0.843. The van der Waals surface area contributed by atoms with Gasteiger partial charge in [0.2, 0.25) is 0 Å². The number of nitrogens with zero attached hydrogens (tertiary/aromatic N) is 2. The molecule has 8 heteroatoms. The third kappa shape index (κ3) is 2.77. The van der Waals surface area contributed by atoms with E-state index in [9.17, 15) is 4.79 Å². The minimum Gasteiger partial charge on any atom is -0.335 e. The Hall–Kier alpha value is -1.41. The highest BCUT2D eigenvalue weighted by atomic mass is 32.2. The van der Waals surface area contributed by atoms with Crippen LogP contribution in [0.25, 0.3) is 0 Å². The van der Waals surface area contributed by atoms with E-state index in [1.807, 2.05) is 0 Å². The van der Waals surface area contributed by atoms with Gasteiger partial charge in [-0.05, 0) is 12.2 Å². The van der Waals surface area contributed by atoms with Crippen molar-refractivity contribution >= 4 is 24.0 Å². The van der Waals surface area contributed by atoms with E-state index < -0.39 is 0 Å². The number of hydrogen-bond donors (Lipinski definition) is 3. The van der Waals surface area contributed by atoms with Gasteiger partial charge in [0.25, 0.3) is 5.56 Å². The molecule has 0 bridgehead atoms. The van der Waals surface area contributed by atoms with E-state index in [0.29, 0.717) is 15.7 Å². The van der Waals surface area contributed by atoms with E-state index in [1.165, 1.54) is 24.2 Å². The van der Waals surface area contributed by atoms with E-state index in [1.54, 1.807) is 0 Å². The van der Waals surface area contributed by atoms with Crippen LogP contribution in [0.4, 0.5) is 0 Å². The molecular weight excluding hydrogens is 234 g/mol. The van der Waals surface area contributed by atoms with Crippen molar-refractivity contribution in [1.82, 2.24) is 25.1 Å². The van der Waals surface area contributed by atoms with Gasteiger partial charge in [0.1, 0.15) is 6.33 Å². The molecule has 0 unspecified atom stereocenters. The first kappa shape index (κ1) is 10.1. The summed E-state index contributed by atoms with van der Waals surface area (Å²) in [5, 5.41) is 7.13. The minimum absolute atomic E-state index is 0.202. The zero-order chi connectivity index (χ0) is 10.7. The molecule has 0 saturated heterocycles. The maximum absolute atomic E-state index is 11.1. The summed E-state index contributed by atoms with van der Waals surface area (Å²) in [7, 11) is 0. The summed E-state index contributed by atoms with van der Waals surface area (Å²) in [4.78, 5) is 20.4. The van der Waals surface area contributed by atoms with Gasteiger partial charge >= 0.3 is 0 Å². The lowest BCUT2D eigenvalue weighted by Crippen LogP contribution is -2.07. The molecule has 0 fully saturated rings. The van der Waals surface area contributed by atoms with Crippen LogP contribution in [-0.2, 0) is 5.75 Å². The van der Waals surface area contributed by atoms with Crippen molar-refractivity contribution in [3.8, 4) is 0 Å². The number of thioether (sulfide) groups is 1. The molecule has 0 spiro atoms. The van der Waals surface area contributed by atoms with Crippen molar-refractivity contribution < 1.29 is 0 Å². The summed E-state index contributed by atoms with van der Waals surface area (Å²) >= 11 is 6.28. The lowest BCUT2D eigenvalue weighted by Gasteiger charge is -1.97. The predicted molar refractivity (Wildman–Crippen MR) is 58.2 cm³/mol. The highest BCUT2D eigenvalue weighted by Gasteiger charge is 1.99. The first-order valence-corrected chi connectivity index (χ1v) is 5.44. The number of aromatic nitrogens is 5. The molecule has 0 aliphatic carbocycles. The number of H-pyrrole nitrogens is 3. The van der Waals surface area contributed by atoms with E-state index in [4.69, 9.17) is 12.2 Å². The Morgan fingerprint density at radius 2 is 2.33 bits per heavy atom. The highest BCUT2D eigenvalue weighted by molar-refractivity contribution is 7.98. The van der Waals surface area contributed by atoms with Crippen molar-refractivity contribution in [2.75, 3.05) is 0 Å². The Kier molecular flexibility index (Phi) is 2.97. The molecule has 3 N–H and O–H groups in total. The minimum atomic E-state index is -0.202. The fourth-order valence-electron chi connectivity index (χ4n) is 1.01. The monoisotopic (exact) mass is 241 g/mol. The van der Waals surface area contributed by atoms with Crippen LogP contribution in [0.5, 0.6) is 0 Å². The Balaban J connectivity index is 2.11. The van der Waals surface area contributed by atoms with Crippen molar-refractivity contribution in [3.05, 3.63) is 33.2 Å². The van der Waals surface area contributed by atoms with Gasteiger partial charge in [-0.2, -0.15) is 5.10 Å². The second-order valence-electron chi connectivity index (χ2n) is 2.69. The first-order valence-electron chi connectivity index (χ1n) is 4.05. The Morgan fingerprint density at radius 1 is 1.47 bits per heavy atom. The van der Waals surface area contributed by atoms with Crippen LogP contribution >= 0.6 is 24.0 Å². The quantitative estimate of drug-likeness (QED) is 0.547. The van der Waals surface area contributed by atoms with Gasteiger partial charge in [-0.15, -0.1) is 0 Å². The molecule has 0 atom stereocenters. The van der Waals surface area contributed by atoms with Gasteiger partial charge in [0.05, 0.1) is 0 Å². The lowest BCUT2D eigenvalue weighted by atomic mass is 10.5. The molecule has 0 saturated carbocycles. The molecule has 0 radical (unpaired) electrons. The molecule has 0 aliphatic heterocycles. The zero-order valence-corrected chi connectivity index (χ0v) is 9.11. The summed E-state index contributed by atoms with van der Waals surface area (Å²) in [5.41, 5.74) is 0.553. The van der Waals surface area contributed by atoms with Crippen molar-refractivity contribution in [2.45, 2.75) is 10.9 Å². The molecule has 0 aromatic carbocycles. The largest absolute Gasteiger partial charge is 0.335 e. The summed E-state index contributed by atoms with van der Waals surface area (Å²) in [6.07, 6.45) is 1.43. The number of rotatable bonds is 3. The average Bonchev–Trinajstić information content (AvgIpc) is 2.65. The molecule has 0 amide bonds. The highest BCUT2D eigenvalue weighted by Crippen LogP contribution is 2.15. The molecule has 2 aromatic heterocycles. The molecule has 0 aliphatic rings. The van der Waals surface area contributed by atoms with Crippen LogP contribution in [0.2, 0.25) is 0 Å². The van der Waals surface area contributed by atoms with E-state index >= 15 is 0 Å². The SMILES string of the molecule is O=c1cc(CSc2ncn[nH]2)[nH]c(=S)[nH]1. The van der Waals surface area contributed by atoms with Crippen LogP contribution in [0.1, 0.15) is 5.69 Å². The van der Waals surface area contributed by atoms with E-state index in [2.05, 4.69) is 25.1 Å². The topological polar surface area (TPSA) is 90.2 Å². The fraction of sp³-hybridized carbons (Fsp3) is 0.143. The van der Waals surface area contributed by atoms with E-state index in [0.717, 1.165) is 5.69 Å².